The second-order valence-corrected chi connectivity index (χ2v) is 8.73. The van der Waals surface area contributed by atoms with Crippen LogP contribution in [0.3, 0.4) is 0 Å². The largest absolute Gasteiger partial charge is 0.491 e. The van der Waals surface area contributed by atoms with Crippen molar-refractivity contribution >= 4 is 11.6 Å². The van der Waals surface area contributed by atoms with Gasteiger partial charge in [-0.15, -0.1) is 10.2 Å². The Morgan fingerprint density at radius 1 is 1.16 bits per heavy atom. The molecule has 11 heteroatoms. The van der Waals surface area contributed by atoms with Crippen LogP contribution in [-0.2, 0) is 24.9 Å². The molecule has 2 N–H and O–H groups in total. The average molecular weight is 501 g/mol. The van der Waals surface area contributed by atoms with Crippen LogP contribution in [0.5, 0.6) is 5.75 Å². The van der Waals surface area contributed by atoms with Crippen molar-refractivity contribution in [2.75, 3.05) is 25.1 Å². The Hall–Kier alpha value is -4.38. The maximum atomic E-state index is 12.9. The summed E-state index contributed by atoms with van der Waals surface area (Å²) in [5, 5.41) is 14.8. The van der Waals surface area contributed by atoms with Gasteiger partial charge in [0, 0.05) is 55.3 Å². The fraction of sp³-hybridized carbons (Fsp3) is 0.308. The summed E-state index contributed by atoms with van der Waals surface area (Å²) < 4.78 is 13.3. The highest BCUT2D eigenvalue weighted by Gasteiger charge is 2.17. The lowest BCUT2D eigenvalue weighted by atomic mass is 10.1. The summed E-state index contributed by atoms with van der Waals surface area (Å²) >= 11 is 0. The van der Waals surface area contributed by atoms with E-state index in [-0.39, 0.29) is 5.91 Å². The highest BCUT2D eigenvalue weighted by atomic mass is 16.5. The van der Waals surface area contributed by atoms with Crippen LogP contribution >= 0.6 is 0 Å². The smallest absolute Gasteiger partial charge is 0.251 e. The van der Waals surface area contributed by atoms with Gasteiger partial charge in [0.2, 0.25) is 0 Å². The molecular formula is C26H28N8O3. The van der Waals surface area contributed by atoms with Crippen molar-refractivity contribution in [3.05, 3.63) is 78.3 Å². The molecule has 1 unspecified atom stereocenters. The molecule has 3 aromatic heterocycles. The molecule has 1 aliphatic heterocycles. The molecular weight excluding hydrogens is 472 g/mol. The predicted octanol–water partition coefficient (Wildman–Crippen LogP) is 2.62. The number of hydrogen-bond acceptors (Lipinski definition) is 9. The molecule has 0 spiro atoms. The highest BCUT2D eigenvalue weighted by molar-refractivity contribution is 5.95. The Morgan fingerprint density at radius 2 is 2.08 bits per heavy atom. The third-order valence-corrected chi connectivity index (χ3v) is 6.16. The summed E-state index contributed by atoms with van der Waals surface area (Å²) in [5.41, 5.74) is 2.92. The number of carbonyl (C=O) groups is 1. The van der Waals surface area contributed by atoms with Gasteiger partial charge in [0.1, 0.15) is 17.8 Å². The van der Waals surface area contributed by atoms with Gasteiger partial charge in [-0.05, 0) is 36.8 Å². The predicted molar refractivity (Wildman–Crippen MR) is 136 cm³/mol. The van der Waals surface area contributed by atoms with E-state index in [1.165, 1.54) is 6.33 Å². The first-order chi connectivity index (χ1) is 18.2. The van der Waals surface area contributed by atoms with Crippen LogP contribution < -0.4 is 15.4 Å². The Morgan fingerprint density at radius 3 is 2.92 bits per heavy atom. The van der Waals surface area contributed by atoms with Gasteiger partial charge in [-0.25, -0.2) is 9.97 Å². The first-order valence-corrected chi connectivity index (χ1v) is 12.1. The number of pyridine rings is 1. The second kappa shape index (κ2) is 11.6. The lowest BCUT2D eigenvalue weighted by Crippen LogP contribution is -2.23. The van der Waals surface area contributed by atoms with E-state index in [0.717, 1.165) is 36.7 Å². The first kappa shape index (κ1) is 24.3. The van der Waals surface area contributed by atoms with Gasteiger partial charge in [-0.1, -0.05) is 6.07 Å². The Balaban J connectivity index is 1.17. The number of amides is 1. The molecule has 1 fully saturated rings. The quantitative estimate of drug-likeness (QED) is 0.338. The molecule has 0 radical (unpaired) electrons. The zero-order valence-corrected chi connectivity index (χ0v) is 20.5. The van der Waals surface area contributed by atoms with Crippen LogP contribution in [-0.4, -0.2) is 55.4 Å². The van der Waals surface area contributed by atoms with E-state index >= 15 is 0 Å². The number of hydrogen-bond donors (Lipinski definition) is 2. The molecule has 1 saturated heterocycles. The number of ether oxygens (including phenoxy) is 2. The highest BCUT2D eigenvalue weighted by Crippen LogP contribution is 2.20. The molecule has 5 rings (SSSR count). The standard InChI is InChI=1S/C26H28N8O3/c1-34-24(32-33-25(34)22-6-9-28-17-31-22)14-29-21-4-2-3-19(11-21)26(35)30-12-20-5-8-27-13-23(20)37-16-18-7-10-36-15-18/h2-6,8-9,11,13,17-18,29H,7,10,12,14-16H2,1H3,(H,30,35). The molecule has 37 heavy (non-hydrogen) atoms. The molecule has 0 bridgehead atoms. The minimum atomic E-state index is -0.180. The molecule has 4 heterocycles. The lowest BCUT2D eigenvalue weighted by molar-refractivity contribution is 0.0950. The van der Waals surface area contributed by atoms with Gasteiger partial charge < -0.3 is 24.7 Å². The zero-order valence-electron chi connectivity index (χ0n) is 20.5. The molecule has 190 valence electrons. The van der Waals surface area contributed by atoms with E-state index in [1.54, 1.807) is 36.8 Å². The fourth-order valence-electron chi connectivity index (χ4n) is 4.00. The third kappa shape index (κ3) is 6.07. The van der Waals surface area contributed by atoms with Gasteiger partial charge in [-0.3, -0.25) is 9.78 Å². The van der Waals surface area contributed by atoms with Crippen molar-refractivity contribution in [2.24, 2.45) is 13.0 Å². The molecule has 1 amide bonds. The lowest BCUT2D eigenvalue weighted by Gasteiger charge is -2.14. The van der Waals surface area contributed by atoms with Gasteiger partial charge in [0.25, 0.3) is 5.91 Å². The van der Waals surface area contributed by atoms with Crippen LogP contribution in [0.15, 0.2) is 61.3 Å². The van der Waals surface area contributed by atoms with E-state index in [2.05, 4.69) is 35.8 Å². The monoisotopic (exact) mass is 500 g/mol. The SMILES string of the molecule is Cn1c(CNc2cccc(C(=O)NCc3ccncc3OCC3CCOC3)c2)nnc1-c1ccncn1. The Kier molecular flexibility index (Phi) is 7.60. The minimum absolute atomic E-state index is 0.180. The molecule has 11 nitrogen and oxygen atoms in total. The average Bonchev–Trinajstić information content (AvgIpc) is 3.60. The van der Waals surface area contributed by atoms with Crippen molar-refractivity contribution in [3.8, 4) is 17.3 Å². The van der Waals surface area contributed by atoms with Crippen molar-refractivity contribution in [3.63, 3.8) is 0 Å². The van der Waals surface area contributed by atoms with Crippen LogP contribution in [0.25, 0.3) is 11.5 Å². The molecule has 0 aliphatic carbocycles. The normalized spacial score (nSPS) is 14.9. The fourth-order valence-corrected chi connectivity index (χ4v) is 4.00. The summed E-state index contributed by atoms with van der Waals surface area (Å²) in [6.45, 7) is 2.84. The number of aromatic nitrogens is 6. The molecule has 0 saturated carbocycles. The first-order valence-electron chi connectivity index (χ1n) is 12.1. The summed E-state index contributed by atoms with van der Waals surface area (Å²) in [6.07, 6.45) is 7.52. The number of nitrogens with zero attached hydrogens (tertiary/aromatic N) is 6. The van der Waals surface area contributed by atoms with Crippen molar-refractivity contribution in [1.82, 2.24) is 35.0 Å². The topological polar surface area (TPSA) is 129 Å². The Labute approximate surface area is 214 Å². The number of anilines is 1. The van der Waals surface area contributed by atoms with E-state index in [0.29, 0.717) is 48.4 Å². The molecule has 1 aromatic carbocycles. The van der Waals surface area contributed by atoms with Crippen LogP contribution in [0, 0.1) is 5.92 Å². The second-order valence-electron chi connectivity index (χ2n) is 8.73. The van der Waals surface area contributed by atoms with Gasteiger partial charge >= 0.3 is 0 Å². The van der Waals surface area contributed by atoms with E-state index in [4.69, 9.17) is 9.47 Å². The summed E-state index contributed by atoms with van der Waals surface area (Å²) in [7, 11) is 1.89. The van der Waals surface area contributed by atoms with Crippen molar-refractivity contribution in [2.45, 2.75) is 19.5 Å². The van der Waals surface area contributed by atoms with Gasteiger partial charge in [0.05, 0.1) is 26.0 Å². The maximum Gasteiger partial charge on any atom is 0.251 e. The zero-order chi connectivity index (χ0) is 25.5. The Bertz CT molecular complexity index is 1340. The number of benzene rings is 1. The third-order valence-electron chi connectivity index (χ3n) is 6.16. The number of carbonyl (C=O) groups excluding carboxylic acids is 1. The summed E-state index contributed by atoms with van der Waals surface area (Å²) in [5.74, 6) is 2.27. The summed E-state index contributed by atoms with van der Waals surface area (Å²) in [4.78, 5) is 25.2. The van der Waals surface area contributed by atoms with Crippen LogP contribution in [0.4, 0.5) is 5.69 Å². The van der Waals surface area contributed by atoms with Crippen molar-refractivity contribution < 1.29 is 14.3 Å². The molecule has 1 aliphatic rings. The van der Waals surface area contributed by atoms with Crippen LogP contribution in [0.2, 0.25) is 0 Å². The minimum Gasteiger partial charge on any atom is -0.491 e. The van der Waals surface area contributed by atoms with Gasteiger partial charge in [0.15, 0.2) is 11.6 Å². The number of nitrogens with one attached hydrogen (secondary N) is 2. The van der Waals surface area contributed by atoms with Crippen LogP contribution in [0.1, 0.15) is 28.2 Å². The van der Waals surface area contributed by atoms with Crippen molar-refractivity contribution in [1.29, 1.82) is 0 Å². The van der Waals surface area contributed by atoms with E-state index in [1.807, 2.05) is 29.8 Å². The van der Waals surface area contributed by atoms with Gasteiger partial charge in [-0.2, -0.15) is 0 Å². The van der Waals surface area contributed by atoms with E-state index in [9.17, 15) is 4.79 Å². The molecule has 1 atom stereocenters. The maximum absolute atomic E-state index is 12.9. The van der Waals surface area contributed by atoms with E-state index < -0.39 is 0 Å². The number of rotatable bonds is 10. The summed E-state index contributed by atoms with van der Waals surface area (Å²) in [6, 6.07) is 11.0. The molecule has 4 aromatic rings.